The van der Waals surface area contributed by atoms with Gasteiger partial charge in [-0.25, -0.2) is 8.42 Å². The van der Waals surface area contributed by atoms with Crippen molar-refractivity contribution in [1.82, 2.24) is 0 Å². The molecule has 2 atom stereocenters. The van der Waals surface area contributed by atoms with E-state index in [2.05, 4.69) is 0 Å². The number of para-hydroxylation sites is 1. The van der Waals surface area contributed by atoms with E-state index >= 15 is 0 Å². The van der Waals surface area contributed by atoms with Crippen molar-refractivity contribution in [2.24, 2.45) is 5.73 Å². The van der Waals surface area contributed by atoms with Crippen molar-refractivity contribution < 1.29 is 8.42 Å². The van der Waals surface area contributed by atoms with E-state index in [-0.39, 0.29) is 11.8 Å². The first-order valence-corrected chi connectivity index (χ1v) is 9.75. The molecule has 0 bridgehead atoms. The van der Waals surface area contributed by atoms with Gasteiger partial charge < -0.3 is 10.6 Å². The van der Waals surface area contributed by atoms with Crippen LogP contribution in [0.3, 0.4) is 0 Å². The number of thioether (sulfide) groups is 1. The Morgan fingerprint density at radius 2 is 2.15 bits per heavy atom. The van der Waals surface area contributed by atoms with Crippen molar-refractivity contribution in [3.63, 3.8) is 0 Å². The number of anilines is 1. The molecule has 0 spiro atoms. The van der Waals surface area contributed by atoms with Crippen LogP contribution in [-0.2, 0) is 9.84 Å². The molecule has 0 aliphatic carbocycles. The number of nitrogens with zero attached hydrogens (tertiary/aromatic N) is 1. The molecule has 1 aliphatic rings. The molecule has 6 heteroatoms. The van der Waals surface area contributed by atoms with Crippen LogP contribution in [0.25, 0.3) is 0 Å². The second-order valence-electron chi connectivity index (χ2n) is 5.02. The lowest BCUT2D eigenvalue weighted by atomic mass is 10.1. The van der Waals surface area contributed by atoms with Gasteiger partial charge in [0.1, 0.15) is 5.37 Å². The summed E-state index contributed by atoms with van der Waals surface area (Å²) < 4.78 is 24.7. The van der Waals surface area contributed by atoms with Crippen LogP contribution in [-0.4, -0.2) is 37.6 Å². The van der Waals surface area contributed by atoms with Gasteiger partial charge in [0.2, 0.25) is 0 Å². The molecule has 1 aliphatic heterocycles. The molecule has 112 valence electrons. The van der Waals surface area contributed by atoms with Crippen molar-refractivity contribution in [2.75, 3.05) is 28.7 Å². The molecular weight excluding hydrogens is 292 g/mol. The first kappa shape index (κ1) is 15.7. The van der Waals surface area contributed by atoms with Gasteiger partial charge in [-0.2, -0.15) is 11.8 Å². The summed E-state index contributed by atoms with van der Waals surface area (Å²) in [5.74, 6) is 1.75. The molecule has 0 aromatic heterocycles. The average Bonchev–Trinajstić information content (AvgIpc) is 2.47. The van der Waals surface area contributed by atoms with E-state index in [0.29, 0.717) is 5.75 Å². The molecule has 1 saturated heterocycles. The van der Waals surface area contributed by atoms with Gasteiger partial charge in [0.15, 0.2) is 9.84 Å². The highest BCUT2D eigenvalue weighted by atomic mass is 32.2. The van der Waals surface area contributed by atoms with Crippen LogP contribution in [0.2, 0.25) is 0 Å². The van der Waals surface area contributed by atoms with Crippen LogP contribution in [0.1, 0.15) is 25.5 Å². The molecule has 20 heavy (non-hydrogen) atoms. The monoisotopic (exact) mass is 314 g/mol. The summed E-state index contributed by atoms with van der Waals surface area (Å²) in [4.78, 5) is 2.02. The van der Waals surface area contributed by atoms with Crippen molar-refractivity contribution in [3.05, 3.63) is 29.8 Å². The van der Waals surface area contributed by atoms with Crippen LogP contribution in [0, 0.1) is 0 Å². The number of hydrogen-bond acceptors (Lipinski definition) is 5. The maximum Gasteiger partial charge on any atom is 0.171 e. The summed E-state index contributed by atoms with van der Waals surface area (Å²) in [6.07, 6.45) is 0. The Morgan fingerprint density at radius 1 is 1.45 bits per heavy atom. The van der Waals surface area contributed by atoms with Gasteiger partial charge in [-0.1, -0.05) is 25.1 Å². The number of rotatable bonds is 4. The minimum Gasteiger partial charge on any atom is -0.353 e. The third-order valence-corrected chi connectivity index (χ3v) is 6.93. The fourth-order valence-corrected chi connectivity index (χ4v) is 5.46. The van der Waals surface area contributed by atoms with E-state index in [1.54, 1.807) is 18.7 Å². The van der Waals surface area contributed by atoms with Gasteiger partial charge in [0.05, 0.1) is 0 Å². The first-order chi connectivity index (χ1) is 9.47. The number of sulfone groups is 1. The van der Waals surface area contributed by atoms with E-state index < -0.39 is 15.2 Å². The zero-order valence-corrected chi connectivity index (χ0v) is 13.6. The Kier molecular flexibility index (Phi) is 4.99. The number of benzene rings is 1. The second-order valence-corrected chi connectivity index (χ2v) is 8.62. The lowest BCUT2D eigenvalue weighted by Crippen LogP contribution is -2.48. The predicted octanol–water partition coefficient (Wildman–Crippen LogP) is 2.02. The Hall–Kier alpha value is -0.720. The van der Waals surface area contributed by atoms with E-state index in [1.807, 2.05) is 36.1 Å². The normalized spacial score (nSPS) is 21.8. The Bertz CT molecular complexity index is 558. The Balaban J connectivity index is 2.43. The molecule has 1 unspecified atom stereocenters. The average molecular weight is 314 g/mol. The molecule has 1 heterocycles. The third kappa shape index (κ3) is 3.13. The van der Waals surface area contributed by atoms with Crippen molar-refractivity contribution in [3.8, 4) is 0 Å². The largest absolute Gasteiger partial charge is 0.353 e. The fraction of sp³-hybridized carbons (Fsp3) is 0.571. The SMILES string of the molecule is CCS(=O)(=O)C1CSCCN1c1ccccc1[C@H](C)N. The Morgan fingerprint density at radius 3 is 2.80 bits per heavy atom. The van der Waals surface area contributed by atoms with Crippen molar-refractivity contribution in [1.29, 1.82) is 0 Å². The van der Waals surface area contributed by atoms with Gasteiger partial charge in [-0.3, -0.25) is 0 Å². The smallest absolute Gasteiger partial charge is 0.171 e. The third-order valence-electron chi connectivity index (χ3n) is 3.64. The number of nitrogens with two attached hydrogens (primary N) is 1. The molecule has 0 radical (unpaired) electrons. The van der Waals surface area contributed by atoms with Gasteiger partial charge in [-0.15, -0.1) is 0 Å². The van der Waals surface area contributed by atoms with Gasteiger partial charge in [0.25, 0.3) is 0 Å². The van der Waals surface area contributed by atoms with Crippen LogP contribution >= 0.6 is 11.8 Å². The highest BCUT2D eigenvalue weighted by molar-refractivity contribution is 8.01. The molecule has 1 aromatic rings. The van der Waals surface area contributed by atoms with Crippen LogP contribution in [0.5, 0.6) is 0 Å². The summed E-state index contributed by atoms with van der Waals surface area (Å²) in [6.45, 7) is 4.39. The maximum atomic E-state index is 12.3. The van der Waals surface area contributed by atoms with Crippen LogP contribution in [0.15, 0.2) is 24.3 Å². The minimum atomic E-state index is -3.10. The molecule has 0 amide bonds. The van der Waals surface area contributed by atoms with Crippen LogP contribution in [0.4, 0.5) is 5.69 Å². The summed E-state index contributed by atoms with van der Waals surface area (Å²) in [7, 11) is -3.10. The Labute approximate surface area is 125 Å². The van der Waals surface area contributed by atoms with Gasteiger partial charge >= 0.3 is 0 Å². The molecule has 0 saturated carbocycles. The molecule has 1 fully saturated rings. The van der Waals surface area contributed by atoms with Crippen molar-refractivity contribution >= 4 is 27.3 Å². The standard InChI is InChI=1S/C14H22N2O2S2/c1-3-20(17,18)14-10-19-9-8-16(14)13-7-5-4-6-12(13)11(2)15/h4-7,11,14H,3,8-10,15H2,1-2H3/t11-,14?/m0/s1. The zero-order valence-electron chi connectivity index (χ0n) is 12.0. The predicted molar refractivity (Wildman–Crippen MR) is 87.0 cm³/mol. The van der Waals surface area contributed by atoms with E-state index in [1.165, 1.54) is 0 Å². The molecule has 1 aromatic carbocycles. The first-order valence-electron chi connectivity index (χ1n) is 6.88. The van der Waals surface area contributed by atoms with Crippen molar-refractivity contribution in [2.45, 2.75) is 25.3 Å². The maximum absolute atomic E-state index is 12.3. The van der Waals surface area contributed by atoms with E-state index in [0.717, 1.165) is 23.5 Å². The molecular formula is C14H22N2O2S2. The number of hydrogen-bond donors (Lipinski definition) is 1. The van der Waals surface area contributed by atoms with Gasteiger partial charge in [0, 0.05) is 35.5 Å². The highest BCUT2D eigenvalue weighted by Gasteiger charge is 2.34. The van der Waals surface area contributed by atoms with E-state index in [4.69, 9.17) is 5.73 Å². The molecule has 2 rings (SSSR count). The lowest BCUT2D eigenvalue weighted by molar-refractivity contribution is 0.579. The molecule has 4 nitrogen and oxygen atoms in total. The summed E-state index contributed by atoms with van der Waals surface area (Å²) in [5, 5.41) is -0.439. The van der Waals surface area contributed by atoms with Crippen LogP contribution < -0.4 is 10.6 Å². The molecule has 2 N–H and O–H groups in total. The highest BCUT2D eigenvalue weighted by Crippen LogP contribution is 2.32. The lowest BCUT2D eigenvalue weighted by Gasteiger charge is -2.38. The summed E-state index contributed by atoms with van der Waals surface area (Å²) >= 11 is 1.71. The van der Waals surface area contributed by atoms with Gasteiger partial charge in [-0.05, 0) is 18.6 Å². The van der Waals surface area contributed by atoms with E-state index in [9.17, 15) is 8.42 Å². The summed E-state index contributed by atoms with van der Waals surface area (Å²) in [5.41, 5.74) is 8.00. The quantitative estimate of drug-likeness (QED) is 0.921. The zero-order chi connectivity index (χ0) is 14.8. The fourth-order valence-electron chi connectivity index (χ4n) is 2.48. The topological polar surface area (TPSA) is 63.4 Å². The summed E-state index contributed by atoms with van der Waals surface area (Å²) in [6, 6.07) is 7.75. The second kappa shape index (κ2) is 6.37. The minimum absolute atomic E-state index is 0.106.